The van der Waals surface area contributed by atoms with Crippen LogP contribution in [-0.2, 0) is 19.0 Å². The molecular weight excluding hydrogens is 232 g/mol. The lowest BCUT2D eigenvalue weighted by Gasteiger charge is -2.00. The first-order valence-corrected chi connectivity index (χ1v) is 6.74. The van der Waals surface area contributed by atoms with E-state index in [2.05, 4.69) is 11.7 Å². The van der Waals surface area contributed by atoms with Crippen molar-refractivity contribution in [2.75, 3.05) is 20.8 Å². The third kappa shape index (κ3) is 13.6. The number of hydrogen-bond donors (Lipinski definition) is 0. The van der Waals surface area contributed by atoms with Crippen molar-refractivity contribution < 1.29 is 19.0 Å². The number of rotatable bonds is 0. The molecule has 0 aromatic carbocycles. The number of epoxide rings is 2. The second-order valence-corrected chi connectivity index (χ2v) is 4.05. The van der Waals surface area contributed by atoms with E-state index in [1.807, 2.05) is 20.6 Å². The van der Waals surface area contributed by atoms with Crippen molar-refractivity contribution in [1.82, 2.24) is 0 Å². The molecule has 2 aliphatic heterocycles. The van der Waals surface area contributed by atoms with Crippen LogP contribution in [0.3, 0.4) is 0 Å². The molecule has 18 heavy (non-hydrogen) atoms. The van der Waals surface area contributed by atoms with Gasteiger partial charge in [0.1, 0.15) is 6.79 Å². The molecule has 0 bridgehead atoms. The average molecular weight is 262 g/mol. The molecule has 3 atom stereocenters. The second-order valence-electron chi connectivity index (χ2n) is 4.05. The van der Waals surface area contributed by atoms with Crippen molar-refractivity contribution in [2.24, 2.45) is 0 Å². The van der Waals surface area contributed by atoms with Gasteiger partial charge in [-0.3, -0.25) is 0 Å². The SMILES string of the molecule is C1CCC2OC2C1.C=O.CC.CC1CO1.COC. The Balaban J connectivity index is 0. The van der Waals surface area contributed by atoms with Crippen molar-refractivity contribution in [3.63, 3.8) is 0 Å². The first kappa shape index (κ1) is 19.9. The molecule has 0 spiro atoms. The third-order valence-electron chi connectivity index (χ3n) is 2.41. The maximum Gasteiger partial charge on any atom is 0.106 e. The zero-order chi connectivity index (χ0) is 14.4. The predicted octanol–water partition coefficient (Wildman–Crippen LogP) is 2.84. The van der Waals surface area contributed by atoms with E-state index >= 15 is 0 Å². The molecule has 0 amide bonds. The Morgan fingerprint density at radius 1 is 1.06 bits per heavy atom. The molecule has 0 N–H and O–H groups in total. The van der Waals surface area contributed by atoms with E-state index in [1.165, 1.54) is 25.7 Å². The Morgan fingerprint density at radius 3 is 1.50 bits per heavy atom. The highest BCUT2D eigenvalue weighted by Gasteiger charge is 2.39. The van der Waals surface area contributed by atoms with Gasteiger partial charge >= 0.3 is 0 Å². The van der Waals surface area contributed by atoms with Crippen LogP contribution in [0.15, 0.2) is 0 Å². The Bertz CT molecular complexity index is 150. The first-order valence-electron chi connectivity index (χ1n) is 6.74. The fraction of sp³-hybridized carbons (Fsp3) is 0.929. The summed E-state index contributed by atoms with van der Waals surface area (Å²) < 4.78 is 14.2. The summed E-state index contributed by atoms with van der Waals surface area (Å²) in [7, 11) is 3.25. The van der Waals surface area contributed by atoms with Crippen LogP contribution >= 0.6 is 0 Å². The van der Waals surface area contributed by atoms with Crippen LogP contribution in [0.2, 0.25) is 0 Å². The maximum atomic E-state index is 8.00. The van der Waals surface area contributed by atoms with Crippen molar-refractivity contribution in [1.29, 1.82) is 0 Å². The Kier molecular flexibility index (Phi) is 16.1. The predicted molar refractivity (Wildman–Crippen MR) is 73.9 cm³/mol. The van der Waals surface area contributed by atoms with Crippen LogP contribution in [0.25, 0.3) is 0 Å². The van der Waals surface area contributed by atoms with Crippen molar-refractivity contribution in [3.05, 3.63) is 0 Å². The molecule has 3 aliphatic rings. The fourth-order valence-electron chi connectivity index (χ4n) is 1.47. The van der Waals surface area contributed by atoms with Gasteiger partial charge in [-0.15, -0.1) is 0 Å². The van der Waals surface area contributed by atoms with Crippen molar-refractivity contribution in [2.45, 2.75) is 64.8 Å². The van der Waals surface area contributed by atoms with Crippen LogP contribution in [0, 0.1) is 0 Å². The summed E-state index contributed by atoms with van der Waals surface area (Å²) >= 11 is 0. The lowest BCUT2D eigenvalue weighted by atomic mass is 10.0. The third-order valence-corrected chi connectivity index (χ3v) is 2.41. The number of methoxy groups -OCH3 is 1. The summed E-state index contributed by atoms with van der Waals surface area (Å²) in [5.74, 6) is 0. The molecule has 110 valence electrons. The van der Waals surface area contributed by atoms with Crippen molar-refractivity contribution in [3.8, 4) is 0 Å². The van der Waals surface area contributed by atoms with Gasteiger partial charge in [-0.2, -0.15) is 0 Å². The summed E-state index contributed by atoms with van der Waals surface area (Å²) in [6.07, 6.45) is 7.47. The second kappa shape index (κ2) is 14.6. The van der Waals surface area contributed by atoms with Gasteiger partial charge < -0.3 is 19.0 Å². The lowest BCUT2D eigenvalue weighted by Crippen LogP contribution is -2.00. The van der Waals surface area contributed by atoms with E-state index in [-0.39, 0.29) is 0 Å². The molecule has 3 fully saturated rings. The molecule has 1 aliphatic carbocycles. The van der Waals surface area contributed by atoms with E-state index in [1.54, 1.807) is 14.2 Å². The molecule has 4 heteroatoms. The smallest absolute Gasteiger partial charge is 0.106 e. The minimum absolute atomic E-state index is 0.583. The zero-order valence-electron chi connectivity index (χ0n) is 12.6. The maximum absolute atomic E-state index is 8.00. The van der Waals surface area contributed by atoms with Gasteiger partial charge in [0.15, 0.2) is 0 Å². The molecule has 2 heterocycles. The standard InChI is InChI=1S/C6H10O.C3H6O.C2H6O.C2H6.CH2O/c1-2-4-6-5(3-1)7-6;1-3-2-4-3;1-3-2;2*1-2/h5-6H,1-4H2;3H,2H2,1H3;1-2H3;1-2H3;1H2. The molecule has 3 rings (SSSR count). The molecule has 2 saturated heterocycles. The highest BCUT2D eigenvalue weighted by molar-refractivity contribution is 5.10. The van der Waals surface area contributed by atoms with Crippen LogP contribution in [0.4, 0.5) is 0 Å². The molecule has 4 nitrogen and oxygen atoms in total. The van der Waals surface area contributed by atoms with E-state index in [4.69, 9.17) is 14.3 Å². The van der Waals surface area contributed by atoms with Gasteiger partial charge in [0, 0.05) is 14.2 Å². The minimum atomic E-state index is 0.583. The summed E-state index contributed by atoms with van der Waals surface area (Å²) in [5, 5.41) is 0. The minimum Gasteiger partial charge on any atom is -0.388 e. The Morgan fingerprint density at radius 2 is 1.33 bits per heavy atom. The number of fused-ring (bicyclic) bond motifs is 1. The first-order chi connectivity index (χ1) is 8.77. The monoisotopic (exact) mass is 262 g/mol. The number of carbonyl (C=O) groups is 1. The van der Waals surface area contributed by atoms with Gasteiger partial charge in [-0.05, 0) is 19.8 Å². The van der Waals surface area contributed by atoms with Gasteiger partial charge in [-0.25, -0.2) is 0 Å². The fourth-order valence-corrected chi connectivity index (χ4v) is 1.47. The van der Waals surface area contributed by atoms with Crippen LogP contribution in [-0.4, -0.2) is 45.9 Å². The Hall–Kier alpha value is -0.450. The van der Waals surface area contributed by atoms with E-state index in [0.29, 0.717) is 18.3 Å². The summed E-state index contributed by atoms with van der Waals surface area (Å²) in [5.41, 5.74) is 0. The Labute approximate surface area is 112 Å². The number of carbonyl (C=O) groups excluding carboxylic acids is 1. The normalized spacial score (nSPS) is 29.1. The van der Waals surface area contributed by atoms with E-state index < -0.39 is 0 Å². The summed E-state index contributed by atoms with van der Waals surface area (Å²) in [6.45, 7) is 9.04. The topological polar surface area (TPSA) is 51.4 Å². The highest BCUT2D eigenvalue weighted by Crippen LogP contribution is 2.35. The molecule has 0 radical (unpaired) electrons. The van der Waals surface area contributed by atoms with Gasteiger partial charge in [0.2, 0.25) is 0 Å². The highest BCUT2D eigenvalue weighted by atomic mass is 16.6. The molecule has 1 saturated carbocycles. The molecule has 3 unspecified atom stereocenters. The van der Waals surface area contributed by atoms with Crippen LogP contribution in [0.5, 0.6) is 0 Å². The van der Waals surface area contributed by atoms with Crippen molar-refractivity contribution >= 4 is 6.79 Å². The largest absolute Gasteiger partial charge is 0.388 e. The van der Waals surface area contributed by atoms with Gasteiger partial charge in [0.25, 0.3) is 0 Å². The van der Waals surface area contributed by atoms with Crippen LogP contribution in [0.1, 0.15) is 46.5 Å². The van der Waals surface area contributed by atoms with Gasteiger partial charge in [-0.1, -0.05) is 26.7 Å². The number of hydrogen-bond acceptors (Lipinski definition) is 4. The molecule has 0 aromatic rings. The summed E-state index contributed by atoms with van der Waals surface area (Å²) in [6, 6.07) is 0. The lowest BCUT2D eigenvalue weighted by molar-refractivity contribution is -0.0979. The molecular formula is C14H30O4. The average Bonchev–Trinajstić information content (AvgIpc) is 3.32. The van der Waals surface area contributed by atoms with E-state index in [0.717, 1.165) is 6.61 Å². The van der Waals surface area contributed by atoms with Gasteiger partial charge in [0.05, 0.1) is 24.9 Å². The molecule has 0 aromatic heterocycles. The summed E-state index contributed by atoms with van der Waals surface area (Å²) in [4.78, 5) is 8.00. The number of ether oxygens (including phenoxy) is 3. The van der Waals surface area contributed by atoms with E-state index in [9.17, 15) is 0 Å². The quantitative estimate of drug-likeness (QED) is 0.630. The van der Waals surface area contributed by atoms with Crippen LogP contribution < -0.4 is 0 Å². The zero-order valence-corrected chi connectivity index (χ0v) is 12.6.